The van der Waals surface area contributed by atoms with Gasteiger partial charge in [0.15, 0.2) is 0 Å². The normalized spacial score (nSPS) is 12.5. The van der Waals surface area contributed by atoms with E-state index in [4.69, 9.17) is 5.11 Å². The Labute approximate surface area is 148 Å². The molecule has 0 aliphatic carbocycles. The summed E-state index contributed by atoms with van der Waals surface area (Å²) in [5, 5.41) is 23.9. The number of carbonyl (C=O) groups is 2. The van der Waals surface area contributed by atoms with Gasteiger partial charge in [-0.15, -0.1) is 0 Å². The number of hydrogen-bond donors (Lipinski definition) is 3. The zero-order valence-corrected chi connectivity index (χ0v) is 13.4. The molecule has 8 nitrogen and oxygen atoms in total. The molecule has 0 fully saturated rings. The molecule has 0 aliphatic rings. The molecule has 1 aromatic carbocycles. The van der Waals surface area contributed by atoms with Crippen molar-refractivity contribution in [3.05, 3.63) is 33.9 Å². The number of nitro groups is 1. The molecule has 1 unspecified atom stereocenters. The summed E-state index contributed by atoms with van der Waals surface area (Å²) in [6.07, 6.45) is -9.29. The Morgan fingerprint density at radius 3 is 2.37 bits per heavy atom. The van der Waals surface area contributed by atoms with Gasteiger partial charge < -0.3 is 15.7 Å². The van der Waals surface area contributed by atoms with Gasteiger partial charge in [-0.25, -0.2) is 13.6 Å². The van der Waals surface area contributed by atoms with Crippen LogP contribution >= 0.6 is 0 Å². The Morgan fingerprint density at radius 2 is 1.89 bits per heavy atom. The number of benzene rings is 1. The maximum absolute atomic E-state index is 12.6. The molecule has 1 aromatic rings. The minimum atomic E-state index is -4.78. The Kier molecular flexibility index (Phi) is 7.43. The summed E-state index contributed by atoms with van der Waals surface area (Å²) >= 11 is 0. The highest BCUT2D eigenvalue weighted by Crippen LogP contribution is 2.34. The van der Waals surface area contributed by atoms with Crippen molar-refractivity contribution in [1.29, 1.82) is 0 Å². The highest BCUT2D eigenvalue weighted by molar-refractivity contribution is 5.83. The number of rotatable bonds is 9. The molecule has 150 valence electrons. The Bertz CT molecular complexity index is 711. The van der Waals surface area contributed by atoms with Crippen molar-refractivity contribution in [2.75, 3.05) is 11.9 Å². The van der Waals surface area contributed by atoms with Crippen molar-refractivity contribution in [2.45, 2.75) is 31.5 Å². The second kappa shape index (κ2) is 9.09. The van der Waals surface area contributed by atoms with Crippen molar-refractivity contribution in [2.24, 2.45) is 0 Å². The van der Waals surface area contributed by atoms with Crippen molar-refractivity contribution in [1.82, 2.24) is 5.32 Å². The summed E-state index contributed by atoms with van der Waals surface area (Å²) in [6.45, 7) is -0.306. The van der Waals surface area contributed by atoms with Crippen LogP contribution in [0.1, 0.15) is 18.4 Å². The molecular formula is C14H14F5N3O5. The quantitative estimate of drug-likeness (QED) is 0.333. The van der Waals surface area contributed by atoms with E-state index in [1.54, 1.807) is 0 Å². The van der Waals surface area contributed by atoms with E-state index in [0.717, 1.165) is 6.07 Å². The zero-order valence-electron chi connectivity index (χ0n) is 13.4. The molecule has 3 N–H and O–H groups in total. The van der Waals surface area contributed by atoms with Crippen LogP contribution in [0.25, 0.3) is 0 Å². The lowest BCUT2D eigenvalue weighted by Gasteiger charge is -2.14. The number of alkyl halides is 5. The number of amides is 1. The van der Waals surface area contributed by atoms with Gasteiger partial charge in [0.05, 0.1) is 10.5 Å². The highest BCUT2D eigenvalue weighted by Gasteiger charge is 2.33. The second-order valence-electron chi connectivity index (χ2n) is 5.25. The molecule has 13 heteroatoms. The summed E-state index contributed by atoms with van der Waals surface area (Å²) in [5.74, 6) is -2.58. The summed E-state index contributed by atoms with van der Waals surface area (Å²) in [5.41, 5.74) is -2.39. The standard InChI is InChI=1S/C14H14F5N3O5/c15-11(16)6-9(13(24)25)21-12(23)3-4-20-8-2-1-7(14(17,18)19)5-10(8)22(26)27/h1-2,5,9,11,20H,3-4,6H2,(H,21,23)(H,24,25). The minimum Gasteiger partial charge on any atom is -0.480 e. The molecular weight excluding hydrogens is 385 g/mol. The largest absolute Gasteiger partial charge is 0.480 e. The fourth-order valence-corrected chi connectivity index (χ4v) is 1.99. The topological polar surface area (TPSA) is 122 Å². The van der Waals surface area contributed by atoms with Gasteiger partial charge in [0.2, 0.25) is 12.3 Å². The third-order valence-corrected chi connectivity index (χ3v) is 3.24. The monoisotopic (exact) mass is 399 g/mol. The average molecular weight is 399 g/mol. The summed E-state index contributed by atoms with van der Waals surface area (Å²) in [4.78, 5) is 32.2. The molecule has 0 saturated carbocycles. The number of anilines is 1. The molecule has 1 amide bonds. The minimum absolute atomic E-state index is 0.289. The number of carboxylic acid groups (broad SMARTS) is 1. The van der Waals surface area contributed by atoms with E-state index in [9.17, 15) is 41.7 Å². The number of aliphatic carboxylic acids is 1. The molecule has 0 aliphatic heterocycles. The molecule has 27 heavy (non-hydrogen) atoms. The van der Waals surface area contributed by atoms with Crippen molar-refractivity contribution < 1.29 is 41.6 Å². The molecule has 0 spiro atoms. The molecule has 0 aromatic heterocycles. The first-order valence-corrected chi connectivity index (χ1v) is 7.31. The SMILES string of the molecule is O=C(CCNc1ccc(C(F)(F)F)cc1[N+](=O)[O-])NC(CC(F)F)C(=O)O. The number of halogens is 5. The lowest BCUT2D eigenvalue weighted by Crippen LogP contribution is -2.42. The molecule has 0 radical (unpaired) electrons. The van der Waals surface area contributed by atoms with E-state index in [-0.39, 0.29) is 12.2 Å². The van der Waals surface area contributed by atoms with Gasteiger partial charge in [-0.2, -0.15) is 13.2 Å². The second-order valence-corrected chi connectivity index (χ2v) is 5.25. The summed E-state index contributed by atoms with van der Waals surface area (Å²) in [6, 6.07) is -0.0578. The molecule has 0 heterocycles. The van der Waals surface area contributed by atoms with Crippen molar-refractivity contribution in [3.8, 4) is 0 Å². The van der Waals surface area contributed by atoms with Gasteiger partial charge in [0.1, 0.15) is 11.7 Å². The van der Waals surface area contributed by atoms with Crippen molar-refractivity contribution >= 4 is 23.3 Å². The van der Waals surface area contributed by atoms with Crippen LogP contribution < -0.4 is 10.6 Å². The van der Waals surface area contributed by atoms with Crippen LogP contribution in [0.15, 0.2) is 18.2 Å². The van der Waals surface area contributed by atoms with E-state index in [1.165, 1.54) is 0 Å². The number of carboxylic acids is 1. The first-order valence-electron chi connectivity index (χ1n) is 7.31. The van der Waals surface area contributed by atoms with Gasteiger partial charge in [-0.1, -0.05) is 0 Å². The van der Waals surface area contributed by atoms with Crippen LogP contribution in [0.4, 0.5) is 33.3 Å². The van der Waals surface area contributed by atoms with Gasteiger partial charge in [0, 0.05) is 25.5 Å². The van der Waals surface area contributed by atoms with E-state index in [1.807, 2.05) is 5.32 Å². The highest BCUT2D eigenvalue weighted by atomic mass is 19.4. The van der Waals surface area contributed by atoms with Crippen LogP contribution in [-0.2, 0) is 15.8 Å². The number of nitrogens with one attached hydrogen (secondary N) is 2. The van der Waals surface area contributed by atoms with Crippen LogP contribution in [0.5, 0.6) is 0 Å². The fourth-order valence-electron chi connectivity index (χ4n) is 1.99. The van der Waals surface area contributed by atoms with E-state index >= 15 is 0 Å². The third-order valence-electron chi connectivity index (χ3n) is 3.24. The van der Waals surface area contributed by atoms with Gasteiger partial charge in [-0.05, 0) is 12.1 Å². The van der Waals surface area contributed by atoms with Crippen LogP contribution in [0.3, 0.4) is 0 Å². The number of hydrogen-bond acceptors (Lipinski definition) is 5. The maximum atomic E-state index is 12.6. The lowest BCUT2D eigenvalue weighted by molar-refractivity contribution is -0.384. The van der Waals surface area contributed by atoms with E-state index < -0.39 is 59.5 Å². The molecule has 0 saturated heterocycles. The van der Waals surface area contributed by atoms with Crippen LogP contribution in [0.2, 0.25) is 0 Å². The smallest absolute Gasteiger partial charge is 0.416 e. The summed E-state index contributed by atoms with van der Waals surface area (Å²) in [7, 11) is 0. The number of carbonyl (C=O) groups excluding carboxylic acids is 1. The lowest BCUT2D eigenvalue weighted by atomic mass is 10.1. The van der Waals surface area contributed by atoms with Crippen molar-refractivity contribution in [3.63, 3.8) is 0 Å². The Hall–Kier alpha value is -2.99. The van der Waals surface area contributed by atoms with E-state index in [0.29, 0.717) is 12.1 Å². The average Bonchev–Trinajstić information content (AvgIpc) is 2.52. The van der Waals surface area contributed by atoms with Gasteiger partial charge in [-0.3, -0.25) is 14.9 Å². The predicted molar refractivity (Wildman–Crippen MR) is 81.4 cm³/mol. The zero-order chi connectivity index (χ0) is 20.8. The first kappa shape index (κ1) is 22.1. The molecule has 0 bridgehead atoms. The van der Waals surface area contributed by atoms with Gasteiger partial charge in [0.25, 0.3) is 5.69 Å². The fraction of sp³-hybridized carbons (Fsp3) is 0.429. The Balaban J connectivity index is 2.71. The van der Waals surface area contributed by atoms with Crippen LogP contribution in [0, 0.1) is 10.1 Å². The maximum Gasteiger partial charge on any atom is 0.416 e. The summed E-state index contributed by atoms with van der Waals surface area (Å²) < 4.78 is 62.3. The predicted octanol–water partition coefficient (Wildman–Crippen LogP) is 2.64. The number of nitro benzene ring substituents is 1. The number of nitrogens with zero attached hydrogens (tertiary/aromatic N) is 1. The van der Waals surface area contributed by atoms with Gasteiger partial charge >= 0.3 is 12.1 Å². The Morgan fingerprint density at radius 1 is 1.26 bits per heavy atom. The third kappa shape index (κ3) is 7.03. The van der Waals surface area contributed by atoms with E-state index in [2.05, 4.69) is 5.32 Å². The molecule has 1 rings (SSSR count). The first-order chi connectivity index (χ1) is 12.4. The molecule has 1 atom stereocenters. The van der Waals surface area contributed by atoms with Crippen LogP contribution in [-0.4, -0.2) is 40.9 Å².